The van der Waals surface area contributed by atoms with Crippen LogP contribution in [0.2, 0.25) is 0 Å². The van der Waals surface area contributed by atoms with Gasteiger partial charge in [-0.2, -0.15) is 0 Å². The van der Waals surface area contributed by atoms with Crippen LogP contribution in [-0.4, -0.2) is 13.7 Å². The van der Waals surface area contributed by atoms with Crippen LogP contribution in [0.5, 0.6) is 0 Å². The maximum absolute atomic E-state index is 12.2. The van der Waals surface area contributed by atoms with Crippen LogP contribution in [0, 0.1) is 0 Å². The predicted molar refractivity (Wildman–Crippen MR) is 67.3 cm³/mol. The molecule has 16 heavy (non-hydrogen) atoms. The minimum absolute atomic E-state index is 0.335. The van der Waals surface area contributed by atoms with Gasteiger partial charge in [0.15, 0.2) is 9.84 Å². The van der Waals surface area contributed by atoms with Crippen LogP contribution in [0.3, 0.4) is 0 Å². The van der Waals surface area contributed by atoms with E-state index in [1.54, 1.807) is 25.1 Å². The molecule has 1 atom stereocenters. The first-order valence-corrected chi connectivity index (χ1v) is 7.01. The van der Waals surface area contributed by atoms with Gasteiger partial charge in [-0.05, 0) is 31.4 Å². The Bertz CT molecular complexity index is 461. The molecule has 1 rings (SSSR count). The molecule has 0 amide bonds. The minimum Gasteiger partial charge on any atom is -0.223 e. The number of allylic oxidation sites excluding steroid dienone is 1. The first kappa shape index (κ1) is 13.0. The zero-order valence-electron chi connectivity index (χ0n) is 9.81. The average molecular weight is 238 g/mol. The van der Waals surface area contributed by atoms with Crippen LogP contribution in [0.15, 0.2) is 41.8 Å². The number of hydrogen-bond donors (Lipinski definition) is 0. The van der Waals surface area contributed by atoms with Crippen LogP contribution in [0.1, 0.15) is 25.8 Å². The highest BCUT2D eigenvalue weighted by atomic mass is 32.2. The summed E-state index contributed by atoms with van der Waals surface area (Å²) in [6, 6.07) is 7.15. The number of benzene rings is 1. The van der Waals surface area contributed by atoms with E-state index in [9.17, 15) is 8.42 Å². The van der Waals surface area contributed by atoms with E-state index in [1.807, 2.05) is 19.1 Å². The summed E-state index contributed by atoms with van der Waals surface area (Å²) in [5, 5.41) is -0.335. The summed E-state index contributed by atoms with van der Waals surface area (Å²) < 4.78 is 24.4. The second-order valence-electron chi connectivity index (χ2n) is 3.86. The molecular weight excluding hydrogens is 220 g/mol. The SMILES string of the molecule is C=CCc1ccccc1S(=O)(=O)C(C)CC. The quantitative estimate of drug-likeness (QED) is 0.739. The molecule has 0 saturated heterocycles. The number of hydrogen-bond acceptors (Lipinski definition) is 2. The predicted octanol–water partition coefficient (Wildman–Crippen LogP) is 2.99. The number of rotatable bonds is 5. The molecule has 0 aromatic heterocycles. The summed E-state index contributed by atoms with van der Waals surface area (Å²) in [5.74, 6) is 0. The highest BCUT2D eigenvalue weighted by Crippen LogP contribution is 2.22. The molecule has 88 valence electrons. The van der Waals surface area contributed by atoms with Gasteiger partial charge in [0.25, 0.3) is 0 Å². The lowest BCUT2D eigenvalue weighted by molar-refractivity contribution is 0.580. The molecule has 0 bridgehead atoms. The molecule has 0 heterocycles. The third-order valence-electron chi connectivity index (χ3n) is 2.75. The zero-order valence-corrected chi connectivity index (χ0v) is 10.6. The first-order chi connectivity index (χ1) is 7.54. The molecule has 1 aromatic carbocycles. The Morgan fingerprint density at radius 2 is 2.00 bits per heavy atom. The summed E-state index contributed by atoms with van der Waals surface area (Å²) in [4.78, 5) is 0.448. The average Bonchev–Trinajstić information content (AvgIpc) is 2.29. The van der Waals surface area contributed by atoms with Gasteiger partial charge in [-0.1, -0.05) is 31.2 Å². The second kappa shape index (κ2) is 5.30. The molecule has 1 unspecified atom stereocenters. The lowest BCUT2D eigenvalue weighted by atomic mass is 10.1. The van der Waals surface area contributed by atoms with Crippen molar-refractivity contribution >= 4 is 9.84 Å². The lowest BCUT2D eigenvalue weighted by Crippen LogP contribution is -2.18. The van der Waals surface area contributed by atoms with Crippen molar-refractivity contribution in [1.82, 2.24) is 0 Å². The standard InChI is InChI=1S/C13H18O2S/c1-4-8-12-9-6-7-10-13(12)16(14,15)11(3)5-2/h4,6-7,9-11H,1,5,8H2,2-3H3. The Morgan fingerprint density at radius 1 is 1.38 bits per heavy atom. The van der Waals surface area contributed by atoms with E-state index in [0.717, 1.165) is 5.56 Å². The number of sulfone groups is 1. The van der Waals surface area contributed by atoms with Gasteiger partial charge in [0.1, 0.15) is 0 Å². The summed E-state index contributed by atoms with van der Waals surface area (Å²) in [7, 11) is -3.19. The van der Waals surface area contributed by atoms with Crippen molar-refractivity contribution in [3.63, 3.8) is 0 Å². The molecule has 0 aliphatic heterocycles. The van der Waals surface area contributed by atoms with E-state index < -0.39 is 9.84 Å². The molecule has 0 spiro atoms. The first-order valence-electron chi connectivity index (χ1n) is 5.46. The van der Waals surface area contributed by atoms with Crippen molar-refractivity contribution in [1.29, 1.82) is 0 Å². The minimum atomic E-state index is -3.19. The third kappa shape index (κ3) is 2.53. The Labute approximate surface area is 97.9 Å². The van der Waals surface area contributed by atoms with E-state index in [4.69, 9.17) is 0 Å². The Morgan fingerprint density at radius 3 is 2.56 bits per heavy atom. The van der Waals surface area contributed by atoms with Gasteiger partial charge in [-0.3, -0.25) is 0 Å². The maximum atomic E-state index is 12.2. The van der Waals surface area contributed by atoms with Crippen molar-refractivity contribution in [2.45, 2.75) is 36.8 Å². The fourth-order valence-corrected chi connectivity index (χ4v) is 3.20. The van der Waals surface area contributed by atoms with Crippen molar-refractivity contribution in [2.75, 3.05) is 0 Å². The molecule has 0 fully saturated rings. The molecule has 0 aliphatic rings. The second-order valence-corrected chi connectivity index (χ2v) is 6.20. The van der Waals surface area contributed by atoms with Gasteiger partial charge in [0.05, 0.1) is 10.1 Å². The molecule has 2 nitrogen and oxygen atoms in total. The Hall–Kier alpha value is -1.09. The molecule has 0 N–H and O–H groups in total. The summed E-state index contributed by atoms with van der Waals surface area (Å²) in [5.41, 5.74) is 0.831. The lowest BCUT2D eigenvalue weighted by Gasteiger charge is -2.13. The van der Waals surface area contributed by atoms with Crippen LogP contribution in [-0.2, 0) is 16.3 Å². The smallest absolute Gasteiger partial charge is 0.181 e. The summed E-state index contributed by atoms with van der Waals surface area (Å²) >= 11 is 0. The van der Waals surface area contributed by atoms with Crippen LogP contribution < -0.4 is 0 Å². The van der Waals surface area contributed by atoms with Gasteiger partial charge in [0, 0.05) is 0 Å². The fourth-order valence-electron chi connectivity index (χ4n) is 1.54. The van der Waals surface area contributed by atoms with E-state index in [2.05, 4.69) is 6.58 Å². The Kier molecular flexibility index (Phi) is 4.30. The zero-order chi connectivity index (χ0) is 12.2. The van der Waals surface area contributed by atoms with Crippen molar-refractivity contribution in [2.24, 2.45) is 0 Å². The maximum Gasteiger partial charge on any atom is 0.181 e. The van der Waals surface area contributed by atoms with E-state index >= 15 is 0 Å². The third-order valence-corrected chi connectivity index (χ3v) is 5.15. The van der Waals surface area contributed by atoms with E-state index in [-0.39, 0.29) is 5.25 Å². The Balaban J connectivity index is 3.27. The molecule has 1 aromatic rings. The highest BCUT2D eigenvalue weighted by molar-refractivity contribution is 7.92. The summed E-state index contributed by atoms with van der Waals surface area (Å²) in [6.45, 7) is 7.29. The van der Waals surface area contributed by atoms with Crippen molar-refractivity contribution in [3.8, 4) is 0 Å². The van der Waals surface area contributed by atoms with Crippen molar-refractivity contribution in [3.05, 3.63) is 42.5 Å². The fraction of sp³-hybridized carbons (Fsp3) is 0.385. The molecule has 0 aliphatic carbocycles. The molecule has 3 heteroatoms. The van der Waals surface area contributed by atoms with Crippen LogP contribution in [0.25, 0.3) is 0 Å². The van der Waals surface area contributed by atoms with Gasteiger partial charge in [-0.25, -0.2) is 8.42 Å². The summed E-state index contributed by atoms with van der Waals surface area (Å²) in [6.07, 6.45) is 2.95. The highest BCUT2D eigenvalue weighted by Gasteiger charge is 2.23. The van der Waals surface area contributed by atoms with Crippen LogP contribution >= 0.6 is 0 Å². The normalized spacial score (nSPS) is 13.4. The largest absolute Gasteiger partial charge is 0.223 e. The van der Waals surface area contributed by atoms with Gasteiger partial charge >= 0.3 is 0 Å². The van der Waals surface area contributed by atoms with Crippen LogP contribution in [0.4, 0.5) is 0 Å². The van der Waals surface area contributed by atoms with E-state index in [0.29, 0.717) is 17.7 Å². The topological polar surface area (TPSA) is 34.1 Å². The molecular formula is C13H18O2S. The molecule has 0 radical (unpaired) electrons. The van der Waals surface area contributed by atoms with Gasteiger partial charge in [0.2, 0.25) is 0 Å². The molecule has 0 saturated carbocycles. The van der Waals surface area contributed by atoms with Crippen molar-refractivity contribution < 1.29 is 8.42 Å². The van der Waals surface area contributed by atoms with Gasteiger partial charge in [-0.15, -0.1) is 6.58 Å². The van der Waals surface area contributed by atoms with E-state index in [1.165, 1.54) is 0 Å². The van der Waals surface area contributed by atoms with Gasteiger partial charge < -0.3 is 0 Å². The monoisotopic (exact) mass is 238 g/mol.